The van der Waals surface area contributed by atoms with Gasteiger partial charge in [-0.05, 0) is 12.2 Å². The van der Waals surface area contributed by atoms with E-state index >= 15 is 0 Å². The van der Waals surface area contributed by atoms with Gasteiger partial charge in [-0.3, -0.25) is 4.57 Å². The topological polar surface area (TPSA) is 95.0 Å². The van der Waals surface area contributed by atoms with Crippen LogP contribution in [-0.2, 0) is 13.6 Å². The van der Waals surface area contributed by atoms with Gasteiger partial charge in [-0.2, -0.15) is 4.79 Å². The summed E-state index contributed by atoms with van der Waals surface area (Å²) in [5.41, 5.74) is 8.96. The second-order valence-electron chi connectivity index (χ2n) is 5.12. The number of allylic oxidation sites excluding steroid dienone is 3. The van der Waals surface area contributed by atoms with Gasteiger partial charge in [0.2, 0.25) is 0 Å². The van der Waals surface area contributed by atoms with E-state index in [-0.39, 0.29) is 12.4 Å². The molecule has 0 bridgehead atoms. The molecule has 0 fully saturated rings. The highest BCUT2D eigenvalue weighted by Gasteiger charge is 2.17. The lowest BCUT2D eigenvalue weighted by Crippen LogP contribution is -2.37. The van der Waals surface area contributed by atoms with E-state index in [1.165, 1.54) is 18.2 Å². The minimum absolute atomic E-state index is 0.0601. The summed E-state index contributed by atoms with van der Waals surface area (Å²) < 4.78 is 21.7. The van der Waals surface area contributed by atoms with Crippen LogP contribution in [0.3, 0.4) is 0 Å². The van der Waals surface area contributed by atoms with E-state index in [2.05, 4.69) is 4.79 Å². The molecule has 1 aliphatic carbocycles. The zero-order chi connectivity index (χ0) is 14.5. The van der Waals surface area contributed by atoms with E-state index in [1.54, 1.807) is 0 Å². The molecule has 0 heterocycles. The Morgan fingerprint density at radius 2 is 2.16 bits per heavy atom. The molecule has 106 valence electrons. The van der Waals surface area contributed by atoms with Crippen LogP contribution >= 0.6 is 7.82 Å². The third-order valence-electron chi connectivity index (χ3n) is 2.31. The first-order chi connectivity index (χ1) is 8.72. The lowest BCUT2D eigenvalue weighted by atomic mass is 10.1. The fourth-order valence-electron chi connectivity index (χ4n) is 1.24. The fraction of sp³-hybridized carbons (Fsp3) is 0.545. The molecule has 19 heavy (non-hydrogen) atoms. The average molecular weight is 287 g/mol. The third kappa shape index (κ3) is 6.47. The maximum absolute atomic E-state index is 11.6. The Balaban J connectivity index is 2.48. The monoisotopic (exact) mass is 287 g/mol. The van der Waals surface area contributed by atoms with Gasteiger partial charge in [0.15, 0.2) is 0 Å². The summed E-state index contributed by atoms with van der Waals surface area (Å²) in [6.45, 7) is 0.608. The minimum Gasteiger partial charge on any atom is -0.746 e. The third-order valence-corrected chi connectivity index (χ3v) is 3.24. The van der Waals surface area contributed by atoms with Crippen molar-refractivity contribution in [3.63, 3.8) is 0 Å². The summed E-state index contributed by atoms with van der Waals surface area (Å²) in [4.78, 5) is 14.6. The van der Waals surface area contributed by atoms with Crippen LogP contribution in [0.25, 0.3) is 5.53 Å². The Bertz CT molecular complexity index is 487. The normalized spacial score (nSPS) is 18.5. The molecule has 0 aliphatic heterocycles. The van der Waals surface area contributed by atoms with Crippen molar-refractivity contribution in [1.82, 2.24) is 0 Å². The molecule has 8 heteroatoms. The lowest BCUT2D eigenvalue weighted by molar-refractivity contribution is -0.870. The highest BCUT2D eigenvalue weighted by atomic mass is 31.2. The van der Waals surface area contributed by atoms with Gasteiger partial charge in [-0.1, -0.05) is 0 Å². The number of nitrogens with zero attached hydrogens (tertiary/aromatic N) is 3. The Labute approximate surface area is 112 Å². The molecular formula is C11H18N3O4P. The SMILES string of the molecule is C[N+](C)(C)CCOP(=O)([O-])OC1=CCC(=[N+]=[N-])C=C1. The molecule has 0 spiro atoms. The van der Waals surface area contributed by atoms with Crippen molar-refractivity contribution in [2.45, 2.75) is 6.42 Å². The second-order valence-corrected chi connectivity index (χ2v) is 6.46. The standard InChI is InChI=1S/C11H18N3O4P/c1-14(2,3)8-9-17-19(15,16)18-11-6-4-10(13-12)5-7-11/h4,6-7H,5,8-9H2,1-3H3. The molecule has 0 N–H and O–H groups in total. The van der Waals surface area contributed by atoms with Gasteiger partial charge >= 0.3 is 7.82 Å². The smallest absolute Gasteiger partial charge is 0.319 e. The zero-order valence-electron chi connectivity index (χ0n) is 11.3. The van der Waals surface area contributed by atoms with E-state index in [1.807, 2.05) is 21.1 Å². The highest BCUT2D eigenvalue weighted by molar-refractivity contribution is 7.46. The number of phosphoric ester groups is 1. The van der Waals surface area contributed by atoms with Crippen molar-refractivity contribution < 1.29 is 27.8 Å². The maximum Gasteiger partial charge on any atom is 0.319 e. The van der Waals surface area contributed by atoms with Crippen LogP contribution in [0.15, 0.2) is 24.0 Å². The Kier molecular flexibility index (Phi) is 5.23. The summed E-state index contributed by atoms with van der Waals surface area (Å²) >= 11 is 0. The number of hydrogen-bond donors (Lipinski definition) is 0. The summed E-state index contributed by atoms with van der Waals surface area (Å²) in [5.74, 6) is 0.163. The number of quaternary nitrogens is 1. The van der Waals surface area contributed by atoms with Gasteiger partial charge in [0, 0.05) is 6.08 Å². The number of hydrogen-bond acceptors (Lipinski definition) is 4. The van der Waals surface area contributed by atoms with E-state index < -0.39 is 7.82 Å². The van der Waals surface area contributed by atoms with Gasteiger partial charge < -0.3 is 24.0 Å². The summed E-state index contributed by atoms with van der Waals surface area (Å²) in [5, 5.41) is 0. The van der Waals surface area contributed by atoms with E-state index in [0.717, 1.165) is 0 Å². The summed E-state index contributed by atoms with van der Waals surface area (Å²) in [6, 6.07) is 0. The molecule has 0 radical (unpaired) electrons. The van der Waals surface area contributed by atoms with Crippen LogP contribution < -0.4 is 4.89 Å². The molecule has 0 aromatic heterocycles. The first-order valence-corrected chi connectivity index (χ1v) is 7.23. The largest absolute Gasteiger partial charge is 0.746 e. The van der Waals surface area contributed by atoms with Crippen LogP contribution in [0.2, 0.25) is 0 Å². The predicted molar refractivity (Wildman–Crippen MR) is 68.0 cm³/mol. The van der Waals surface area contributed by atoms with Crippen LogP contribution in [-0.4, -0.2) is 49.3 Å². The summed E-state index contributed by atoms with van der Waals surface area (Å²) in [6.07, 6.45) is 4.69. The van der Waals surface area contributed by atoms with Crippen LogP contribution in [0.4, 0.5) is 0 Å². The van der Waals surface area contributed by atoms with E-state index in [4.69, 9.17) is 14.6 Å². The first kappa shape index (κ1) is 15.8. The molecule has 0 saturated heterocycles. The van der Waals surface area contributed by atoms with Crippen molar-refractivity contribution >= 4 is 13.5 Å². The van der Waals surface area contributed by atoms with Gasteiger partial charge in [0.05, 0.1) is 27.6 Å². The molecule has 0 amide bonds. The molecule has 0 saturated carbocycles. The predicted octanol–water partition coefficient (Wildman–Crippen LogP) is 0.709. The van der Waals surface area contributed by atoms with Gasteiger partial charge in [0.25, 0.3) is 5.71 Å². The number of phosphoric acid groups is 1. The highest BCUT2D eigenvalue weighted by Crippen LogP contribution is 2.41. The van der Waals surface area contributed by atoms with Crippen molar-refractivity contribution in [2.75, 3.05) is 34.3 Å². The van der Waals surface area contributed by atoms with Crippen molar-refractivity contribution in [3.8, 4) is 0 Å². The van der Waals surface area contributed by atoms with Crippen molar-refractivity contribution in [3.05, 3.63) is 29.5 Å². The minimum atomic E-state index is -4.36. The molecule has 7 nitrogen and oxygen atoms in total. The molecule has 1 atom stereocenters. The van der Waals surface area contributed by atoms with Crippen LogP contribution in [0.5, 0.6) is 0 Å². The van der Waals surface area contributed by atoms with Gasteiger partial charge in [-0.25, -0.2) is 0 Å². The summed E-state index contributed by atoms with van der Waals surface area (Å²) in [7, 11) is 1.44. The maximum atomic E-state index is 11.6. The van der Waals surface area contributed by atoms with Crippen molar-refractivity contribution in [2.24, 2.45) is 0 Å². The van der Waals surface area contributed by atoms with E-state index in [0.29, 0.717) is 23.2 Å². The molecule has 1 rings (SSSR count). The van der Waals surface area contributed by atoms with Gasteiger partial charge in [-0.15, -0.1) is 0 Å². The quantitative estimate of drug-likeness (QED) is 0.311. The molecule has 0 aromatic rings. The van der Waals surface area contributed by atoms with Crippen molar-refractivity contribution in [1.29, 1.82) is 0 Å². The second kappa shape index (κ2) is 6.28. The Morgan fingerprint density at radius 1 is 1.47 bits per heavy atom. The van der Waals surface area contributed by atoms with Crippen LogP contribution in [0.1, 0.15) is 6.42 Å². The Hall–Kier alpha value is -1.23. The molecule has 0 aromatic carbocycles. The Morgan fingerprint density at radius 3 is 2.63 bits per heavy atom. The number of likely N-dealkylation sites (N-methyl/N-ethyl adjacent to an activating group) is 1. The first-order valence-electron chi connectivity index (χ1n) is 5.77. The fourth-order valence-corrected chi connectivity index (χ4v) is 1.99. The molecule has 1 aliphatic rings. The van der Waals surface area contributed by atoms with Crippen LogP contribution in [0, 0.1) is 0 Å². The number of rotatable bonds is 6. The zero-order valence-corrected chi connectivity index (χ0v) is 12.2. The molecule has 1 unspecified atom stereocenters. The van der Waals surface area contributed by atoms with Gasteiger partial charge in [0.1, 0.15) is 18.9 Å². The van der Waals surface area contributed by atoms with E-state index in [9.17, 15) is 9.46 Å². The average Bonchev–Trinajstić information content (AvgIpc) is 2.27. The molecular weight excluding hydrogens is 269 g/mol. The lowest BCUT2D eigenvalue weighted by Gasteiger charge is -2.27.